The molecule has 4 rings (SSSR count). The van der Waals surface area contributed by atoms with Gasteiger partial charge in [-0.1, -0.05) is 36.4 Å². The summed E-state index contributed by atoms with van der Waals surface area (Å²) in [6.45, 7) is 0. The summed E-state index contributed by atoms with van der Waals surface area (Å²) in [7, 11) is 1.26. The maximum Gasteiger partial charge on any atom is 0.343 e. The summed E-state index contributed by atoms with van der Waals surface area (Å²) in [5.74, 6) is -1.04. The maximum absolute atomic E-state index is 12.3. The van der Waals surface area contributed by atoms with Crippen molar-refractivity contribution in [2.45, 2.75) is 0 Å². The normalized spacial score (nSPS) is 10.6. The van der Waals surface area contributed by atoms with Crippen LogP contribution < -0.4 is 9.47 Å². The van der Waals surface area contributed by atoms with Crippen LogP contribution in [0.15, 0.2) is 108 Å². The third-order valence-electron chi connectivity index (χ3n) is 5.05. The average Bonchev–Trinajstić information content (AvgIpc) is 2.93. The van der Waals surface area contributed by atoms with Crippen LogP contribution in [0.1, 0.15) is 36.6 Å². The fourth-order valence-electron chi connectivity index (χ4n) is 3.21. The minimum atomic E-state index is -0.622. The van der Waals surface area contributed by atoms with Crippen molar-refractivity contribution < 1.29 is 28.6 Å². The lowest BCUT2D eigenvalue weighted by atomic mass is 10.1. The topological polar surface area (TPSA) is 91.3 Å². The second kappa shape index (κ2) is 11.4. The van der Waals surface area contributed by atoms with Crippen molar-refractivity contribution in [3.05, 3.63) is 125 Å². The van der Waals surface area contributed by atoms with Crippen LogP contribution in [0, 0.1) is 0 Å². The van der Waals surface area contributed by atoms with Gasteiger partial charge in [0.2, 0.25) is 0 Å². The van der Waals surface area contributed by atoms with Gasteiger partial charge in [0.15, 0.2) is 0 Å². The molecule has 0 radical (unpaired) electrons. The number of esters is 3. The van der Waals surface area contributed by atoms with Crippen molar-refractivity contribution in [2.24, 2.45) is 4.99 Å². The number of aliphatic imine (C=N–C) groups is 1. The van der Waals surface area contributed by atoms with E-state index in [0.717, 1.165) is 0 Å². The summed E-state index contributed by atoms with van der Waals surface area (Å²) in [6.07, 6.45) is 1.56. The molecule has 0 aromatic heterocycles. The highest BCUT2D eigenvalue weighted by molar-refractivity contribution is 5.97. The van der Waals surface area contributed by atoms with Crippen LogP contribution in [0.3, 0.4) is 0 Å². The number of hydrogen-bond acceptors (Lipinski definition) is 7. The zero-order valence-corrected chi connectivity index (χ0v) is 19.3. The molecule has 0 aliphatic carbocycles. The lowest BCUT2D eigenvalue weighted by Gasteiger charge is -2.08. The van der Waals surface area contributed by atoms with Crippen LogP contribution in [0.25, 0.3) is 0 Å². The third kappa shape index (κ3) is 6.09. The molecule has 0 saturated carbocycles. The number of hydrogen-bond donors (Lipinski definition) is 0. The number of ether oxygens (including phenoxy) is 3. The summed E-state index contributed by atoms with van der Waals surface area (Å²) in [6, 6.07) is 28.5. The van der Waals surface area contributed by atoms with Gasteiger partial charge in [-0.15, -0.1) is 0 Å². The minimum Gasteiger partial charge on any atom is -0.465 e. The Balaban J connectivity index is 1.48. The van der Waals surface area contributed by atoms with Gasteiger partial charge in [-0.05, 0) is 72.3 Å². The monoisotopic (exact) mass is 479 g/mol. The molecular weight excluding hydrogens is 458 g/mol. The molecule has 0 aliphatic rings. The second-order valence-corrected chi connectivity index (χ2v) is 7.51. The van der Waals surface area contributed by atoms with Crippen molar-refractivity contribution in [1.29, 1.82) is 0 Å². The largest absolute Gasteiger partial charge is 0.465 e. The first-order valence-corrected chi connectivity index (χ1v) is 10.9. The molecule has 4 aromatic carbocycles. The molecule has 4 aromatic rings. The molecule has 0 heterocycles. The fourth-order valence-corrected chi connectivity index (χ4v) is 3.21. The molecule has 0 amide bonds. The van der Waals surface area contributed by atoms with Gasteiger partial charge in [0.05, 0.1) is 29.5 Å². The van der Waals surface area contributed by atoms with Gasteiger partial charge in [0.1, 0.15) is 11.5 Å². The number of methoxy groups -OCH3 is 1. The number of carbonyl (C=O) groups excluding carboxylic acids is 3. The van der Waals surface area contributed by atoms with Gasteiger partial charge in [-0.3, -0.25) is 4.99 Å². The van der Waals surface area contributed by atoms with Gasteiger partial charge < -0.3 is 14.2 Å². The van der Waals surface area contributed by atoms with E-state index >= 15 is 0 Å². The van der Waals surface area contributed by atoms with Gasteiger partial charge in [-0.2, -0.15) is 0 Å². The van der Waals surface area contributed by atoms with Gasteiger partial charge in [0, 0.05) is 6.21 Å². The molecule has 0 unspecified atom stereocenters. The first kappa shape index (κ1) is 24.1. The van der Waals surface area contributed by atoms with Gasteiger partial charge >= 0.3 is 17.9 Å². The van der Waals surface area contributed by atoms with Crippen LogP contribution in [0.2, 0.25) is 0 Å². The molecular formula is C29H21NO6. The molecule has 0 N–H and O–H groups in total. The quantitative estimate of drug-likeness (QED) is 0.193. The Morgan fingerprint density at radius 3 is 1.72 bits per heavy atom. The van der Waals surface area contributed by atoms with Crippen molar-refractivity contribution >= 4 is 29.8 Å². The van der Waals surface area contributed by atoms with Crippen LogP contribution >= 0.6 is 0 Å². The molecule has 178 valence electrons. The van der Waals surface area contributed by atoms with Crippen LogP contribution in [0.4, 0.5) is 5.69 Å². The highest BCUT2D eigenvalue weighted by atomic mass is 16.5. The smallest absolute Gasteiger partial charge is 0.343 e. The van der Waals surface area contributed by atoms with Crippen LogP contribution in [-0.4, -0.2) is 31.2 Å². The molecule has 0 saturated heterocycles. The maximum atomic E-state index is 12.3. The van der Waals surface area contributed by atoms with E-state index in [1.165, 1.54) is 13.2 Å². The Labute approximate surface area is 207 Å². The lowest BCUT2D eigenvalue weighted by Crippen LogP contribution is -2.09. The van der Waals surface area contributed by atoms with Gasteiger partial charge in [-0.25, -0.2) is 14.4 Å². The second-order valence-electron chi connectivity index (χ2n) is 7.51. The zero-order chi connectivity index (χ0) is 25.3. The molecule has 0 spiro atoms. The van der Waals surface area contributed by atoms with E-state index in [0.29, 0.717) is 28.1 Å². The van der Waals surface area contributed by atoms with Crippen molar-refractivity contribution in [3.8, 4) is 11.5 Å². The molecule has 0 fully saturated rings. The lowest BCUT2D eigenvalue weighted by molar-refractivity contribution is 0.0598. The first-order valence-electron chi connectivity index (χ1n) is 10.9. The average molecular weight is 479 g/mol. The van der Waals surface area contributed by atoms with Crippen LogP contribution in [-0.2, 0) is 4.74 Å². The van der Waals surface area contributed by atoms with E-state index in [1.54, 1.807) is 97.2 Å². The summed E-state index contributed by atoms with van der Waals surface area (Å²) in [5.41, 5.74) is 2.03. The van der Waals surface area contributed by atoms with Crippen LogP contribution in [0.5, 0.6) is 11.5 Å². The highest BCUT2D eigenvalue weighted by Crippen LogP contribution is 2.26. The summed E-state index contributed by atoms with van der Waals surface area (Å²) < 4.78 is 15.6. The highest BCUT2D eigenvalue weighted by Gasteiger charge is 2.15. The number of carbonyl (C=O) groups is 3. The molecule has 7 heteroatoms. The summed E-state index contributed by atoms with van der Waals surface area (Å²) >= 11 is 0. The first-order chi connectivity index (χ1) is 17.5. The molecule has 7 nitrogen and oxygen atoms in total. The third-order valence-corrected chi connectivity index (χ3v) is 5.05. The SMILES string of the molecule is COC(=O)c1cc(OC(=O)c2ccccc2)ccc1N=Cc1ccc(OC(=O)c2ccccc2)cc1. The van der Waals surface area contributed by atoms with E-state index in [1.807, 2.05) is 6.07 Å². The Bertz CT molecular complexity index is 1400. The number of rotatable bonds is 7. The zero-order valence-electron chi connectivity index (χ0n) is 19.3. The van der Waals surface area contributed by atoms with E-state index < -0.39 is 17.9 Å². The van der Waals surface area contributed by atoms with E-state index in [9.17, 15) is 14.4 Å². The Hall–Kier alpha value is -5.04. The van der Waals surface area contributed by atoms with Crippen molar-refractivity contribution in [2.75, 3.05) is 7.11 Å². The standard InChI is InChI=1S/C29H21NO6/c1-34-29(33)25-18-24(36-28(32)22-10-6-3-7-11-22)16-17-26(25)30-19-20-12-14-23(15-13-20)35-27(31)21-8-4-2-5-9-21/h2-19H,1H3. The fraction of sp³-hybridized carbons (Fsp3) is 0.0345. The molecule has 36 heavy (non-hydrogen) atoms. The molecule has 0 aliphatic heterocycles. The molecule has 0 bridgehead atoms. The number of benzene rings is 4. The van der Waals surface area contributed by atoms with Gasteiger partial charge in [0.25, 0.3) is 0 Å². The van der Waals surface area contributed by atoms with Crippen molar-refractivity contribution in [3.63, 3.8) is 0 Å². The Kier molecular flexibility index (Phi) is 7.63. The molecule has 0 atom stereocenters. The predicted molar refractivity (Wildman–Crippen MR) is 134 cm³/mol. The Morgan fingerprint density at radius 1 is 0.639 bits per heavy atom. The van der Waals surface area contributed by atoms with E-state index in [4.69, 9.17) is 14.2 Å². The summed E-state index contributed by atoms with van der Waals surface area (Å²) in [4.78, 5) is 41.2. The van der Waals surface area contributed by atoms with E-state index in [2.05, 4.69) is 4.99 Å². The minimum absolute atomic E-state index is 0.139. The summed E-state index contributed by atoms with van der Waals surface area (Å²) in [5, 5.41) is 0. The van der Waals surface area contributed by atoms with E-state index in [-0.39, 0.29) is 11.3 Å². The van der Waals surface area contributed by atoms with Crippen molar-refractivity contribution in [1.82, 2.24) is 0 Å². The number of nitrogens with zero attached hydrogens (tertiary/aromatic N) is 1. The Morgan fingerprint density at radius 2 is 1.17 bits per heavy atom. The predicted octanol–water partition coefficient (Wildman–Crippen LogP) is 5.66.